The number of rotatable bonds is 5. The van der Waals surface area contributed by atoms with Gasteiger partial charge in [-0.3, -0.25) is 19.7 Å². The summed E-state index contributed by atoms with van der Waals surface area (Å²) < 4.78 is 0. The number of benzene rings is 2. The smallest absolute Gasteiger partial charge is 0.282 e. The van der Waals surface area contributed by atoms with Crippen LogP contribution in [0, 0.1) is 10.1 Å². The van der Waals surface area contributed by atoms with Crippen molar-refractivity contribution in [3.8, 4) is 0 Å². The minimum atomic E-state index is -0.587. The minimum absolute atomic E-state index is 0.0157. The highest BCUT2D eigenvalue weighted by Gasteiger charge is 2.18. The fourth-order valence-corrected chi connectivity index (χ4v) is 2.13. The number of nitrogens with zero attached hydrogens (tertiary/aromatic N) is 2. The summed E-state index contributed by atoms with van der Waals surface area (Å²) in [6, 6.07) is 12.6. The summed E-state index contributed by atoms with van der Waals surface area (Å²) in [7, 11) is 3.34. The standard InChI is InChI=1S/C17H17N3O4/c1-19(2)17(22)13-9-7-12(8-10-13)11-18-16(21)14-5-3-4-6-15(14)20(23)24/h3-10H,11H2,1-2H3,(H,18,21). The van der Waals surface area contributed by atoms with Crippen molar-refractivity contribution in [3.63, 3.8) is 0 Å². The van der Waals surface area contributed by atoms with Gasteiger partial charge in [-0.05, 0) is 23.8 Å². The predicted molar refractivity (Wildman–Crippen MR) is 88.7 cm³/mol. The number of para-hydroxylation sites is 1. The lowest BCUT2D eigenvalue weighted by Gasteiger charge is -2.11. The highest BCUT2D eigenvalue weighted by Crippen LogP contribution is 2.17. The van der Waals surface area contributed by atoms with E-state index in [1.54, 1.807) is 44.4 Å². The molecule has 7 heteroatoms. The predicted octanol–water partition coefficient (Wildman–Crippen LogP) is 2.23. The van der Waals surface area contributed by atoms with Crippen molar-refractivity contribution in [2.45, 2.75) is 6.54 Å². The second kappa shape index (κ2) is 7.36. The summed E-state index contributed by atoms with van der Waals surface area (Å²) in [5.41, 5.74) is 1.12. The van der Waals surface area contributed by atoms with Crippen LogP contribution in [-0.2, 0) is 6.54 Å². The number of nitrogens with one attached hydrogen (secondary N) is 1. The lowest BCUT2D eigenvalue weighted by molar-refractivity contribution is -0.385. The Labute approximate surface area is 139 Å². The molecule has 0 bridgehead atoms. The molecule has 0 saturated heterocycles. The van der Waals surface area contributed by atoms with Crippen molar-refractivity contribution in [2.24, 2.45) is 0 Å². The van der Waals surface area contributed by atoms with Crippen LogP contribution in [0.25, 0.3) is 0 Å². The first-order valence-corrected chi connectivity index (χ1v) is 7.22. The van der Waals surface area contributed by atoms with E-state index >= 15 is 0 Å². The van der Waals surface area contributed by atoms with Crippen molar-refractivity contribution in [3.05, 3.63) is 75.3 Å². The number of hydrogen-bond donors (Lipinski definition) is 1. The van der Waals surface area contributed by atoms with Gasteiger partial charge in [0.1, 0.15) is 5.56 Å². The molecule has 0 aliphatic carbocycles. The Morgan fingerprint density at radius 1 is 1.08 bits per heavy atom. The van der Waals surface area contributed by atoms with Crippen LogP contribution in [0.4, 0.5) is 5.69 Å². The number of hydrogen-bond acceptors (Lipinski definition) is 4. The van der Waals surface area contributed by atoms with Gasteiger partial charge in [-0.25, -0.2) is 0 Å². The van der Waals surface area contributed by atoms with Crippen molar-refractivity contribution >= 4 is 17.5 Å². The fraction of sp³-hybridized carbons (Fsp3) is 0.176. The number of carbonyl (C=O) groups excluding carboxylic acids is 2. The zero-order valence-electron chi connectivity index (χ0n) is 13.4. The summed E-state index contributed by atoms with van der Waals surface area (Å²) >= 11 is 0. The molecule has 2 aromatic rings. The third-order valence-electron chi connectivity index (χ3n) is 3.41. The van der Waals surface area contributed by atoms with Gasteiger partial charge in [0, 0.05) is 32.3 Å². The molecule has 0 spiro atoms. The maximum absolute atomic E-state index is 12.1. The molecule has 2 aromatic carbocycles. The molecule has 0 unspecified atom stereocenters. The van der Waals surface area contributed by atoms with Crippen LogP contribution in [0.5, 0.6) is 0 Å². The molecule has 124 valence electrons. The molecule has 7 nitrogen and oxygen atoms in total. The average molecular weight is 327 g/mol. The molecule has 1 N–H and O–H groups in total. The maximum atomic E-state index is 12.1. The van der Waals surface area contributed by atoms with Crippen molar-refractivity contribution in [1.82, 2.24) is 10.2 Å². The molecule has 24 heavy (non-hydrogen) atoms. The third-order valence-corrected chi connectivity index (χ3v) is 3.41. The highest BCUT2D eigenvalue weighted by molar-refractivity contribution is 5.98. The number of amides is 2. The Morgan fingerprint density at radius 3 is 2.29 bits per heavy atom. The monoisotopic (exact) mass is 327 g/mol. The zero-order valence-corrected chi connectivity index (χ0v) is 13.4. The lowest BCUT2D eigenvalue weighted by Crippen LogP contribution is -2.24. The number of nitro benzene ring substituents is 1. The first kappa shape index (κ1) is 17.1. The molecule has 0 heterocycles. The van der Waals surface area contributed by atoms with E-state index in [-0.39, 0.29) is 23.7 Å². The second-order valence-electron chi connectivity index (χ2n) is 5.35. The van der Waals surface area contributed by atoms with Crippen LogP contribution in [0.15, 0.2) is 48.5 Å². The van der Waals surface area contributed by atoms with Crippen LogP contribution < -0.4 is 5.32 Å². The highest BCUT2D eigenvalue weighted by atomic mass is 16.6. The Morgan fingerprint density at radius 2 is 1.71 bits per heavy atom. The minimum Gasteiger partial charge on any atom is -0.348 e. The van der Waals surface area contributed by atoms with E-state index in [9.17, 15) is 19.7 Å². The Kier molecular flexibility index (Phi) is 5.26. The fourth-order valence-electron chi connectivity index (χ4n) is 2.13. The third kappa shape index (κ3) is 3.95. The number of carbonyl (C=O) groups is 2. The molecule has 2 amide bonds. The molecule has 0 saturated carbocycles. The molecule has 0 aromatic heterocycles. The Hall–Kier alpha value is -3.22. The van der Waals surface area contributed by atoms with Gasteiger partial charge in [0.2, 0.25) is 0 Å². The van der Waals surface area contributed by atoms with Crippen molar-refractivity contribution in [1.29, 1.82) is 0 Å². The van der Waals surface area contributed by atoms with E-state index in [1.807, 2.05) is 0 Å². The van der Waals surface area contributed by atoms with Gasteiger partial charge in [-0.2, -0.15) is 0 Å². The Balaban J connectivity index is 2.05. The van der Waals surface area contributed by atoms with E-state index in [1.165, 1.54) is 23.1 Å². The summed E-state index contributed by atoms with van der Waals surface area (Å²) in [6.45, 7) is 0.210. The van der Waals surface area contributed by atoms with Crippen molar-refractivity contribution < 1.29 is 14.5 Å². The van der Waals surface area contributed by atoms with E-state index in [4.69, 9.17) is 0 Å². The SMILES string of the molecule is CN(C)C(=O)c1ccc(CNC(=O)c2ccccc2[N+](=O)[O-])cc1. The van der Waals surface area contributed by atoms with Crippen LogP contribution >= 0.6 is 0 Å². The topological polar surface area (TPSA) is 92.6 Å². The molecule has 0 fully saturated rings. The van der Waals surface area contributed by atoms with E-state index in [0.29, 0.717) is 5.56 Å². The summed E-state index contributed by atoms with van der Waals surface area (Å²) in [5.74, 6) is -0.624. The van der Waals surface area contributed by atoms with Gasteiger partial charge >= 0.3 is 0 Å². The van der Waals surface area contributed by atoms with Gasteiger partial charge < -0.3 is 10.2 Å². The summed E-state index contributed by atoms with van der Waals surface area (Å²) in [4.78, 5) is 35.8. The van der Waals surface area contributed by atoms with Gasteiger partial charge in [0.25, 0.3) is 17.5 Å². The molecule has 0 aliphatic rings. The van der Waals surface area contributed by atoms with Crippen LogP contribution in [0.3, 0.4) is 0 Å². The zero-order chi connectivity index (χ0) is 17.7. The van der Waals surface area contributed by atoms with Gasteiger partial charge in [-0.1, -0.05) is 24.3 Å². The Bertz CT molecular complexity index is 770. The summed E-state index contributed by atoms with van der Waals surface area (Å²) in [6.07, 6.45) is 0. The first-order chi connectivity index (χ1) is 11.4. The molecular weight excluding hydrogens is 310 g/mol. The maximum Gasteiger partial charge on any atom is 0.282 e. The van der Waals surface area contributed by atoms with E-state index in [0.717, 1.165) is 5.56 Å². The molecule has 0 radical (unpaired) electrons. The van der Waals surface area contributed by atoms with E-state index < -0.39 is 10.8 Å². The first-order valence-electron chi connectivity index (χ1n) is 7.22. The second-order valence-corrected chi connectivity index (χ2v) is 5.35. The van der Waals surface area contributed by atoms with Crippen LogP contribution in [-0.4, -0.2) is 35.7 Å². The van der Waals surface area contributed by atoms with Crippen molar-refractivity contribution in [2.75, 3.05) is 14.1 Å². The molecule has 2 rings (SSSR count). The normalized spacial score (nSPS) is 10.1. The largest absolute Gasteiger partial charge is 0.348 e. The van der Waals surface area contributed by atoms with Gasteiger partial charge in [0.05, 0.1) is 4.92 Å². The molecule has 0 aliphatic heterocycles. The molecule has 0 atom stereocenters. The summed E-state index contributed by atoms with van der Waals surface area (Å²) in [5, 5.41) is 13.6. The van der Waals surface area contributed by atoms with E-state index in [2.05, 4.69) is 5.32 Å². The lowest BCUT2D eigenvalue weighted by atomic mass is 10.1. The quantitative estimate of drug-likeness (QED) is 0.673. The van der Waals surface area contributed by atoms with Crippen LogP contribution in [0.1, 0.15) is 26.3 Å². The van der Waals surface area contributed by atoms with Gasteiger partial charge in [0.15, 0.2) is 0 Å². The molecular formula is C17H17N3O4. The van der Waals surface area contributed by atoms with Crippen LogP contribution in [0.2, 0.25) is 0 Å². The number of nitro groups is 1. The van der Waals surface area contributed by atoms with Gasteiger partial charge in [-0.15, -0.1) is 0 Å². The average Bonchev–Trinajstić information content (AvgIpc) is 2.59.